The van der Waals surface area contributed by atoms with E-state index in [0.717, 1.165) is 6.07 Å². The molecule has 2 atom stereocenters. The number of nitriles is 1. The maximum Gasteiger partial charge on any atom is 0.298 e. The molecular weight excluding hydrogens is 356 g/mol. The third-order valence-electron chi connectivity index (χ3n) is 4.48. The zero-order valence-corrected chi connectivity index (χ0v) is 13.9. The molecule has 0 spiro atoms. The molecule has 3 heterocycles. The van der Waals surface area contributed by atoms with Crippen molar-refractivity contribution in [3.63, 3.8) is 0 Å². The first-order valence-electron chi connectivity index (χ1n) is 8.15. The van der Waals surface area contributed by atoms with Gasteiger partial charge < -0.3 is 9.64 Å². The summed E-state index contributed by atoms with van der Waals surface area (Å²) in [5.41, 5.74) is 1.14. The second-order valence-electron chi connectivity index (χ2n) is 6.16. The van der Waals surface area contributed by atoms with E-state index in [1.54, 1.807) is 17.2 Å². The van der Waals surface area contributed by atoms with Crippen LogP contribution in [0.5, 0.6) is 5.75 Å². The molecule has 0 unspecified atom stereocenters. The lowest BCUT2D eigenvalue weighted by molar-refractivity contribution is -0.120. The molecule has 27 heavy (non-hydrogen) atoms. The van der Waals surface area contributed by atoms with Crippen molar-refractivity contribution in [2.24, 2.45) is 0 Å². The van der Waals surface area contributed by atoms with Gasteiger partial charge in [-0.3, -0.25) is 4.79 Å². The Morgan fingerprint density at radius 1 is 1.37 bits per heavy atom. The fourth-order valence-corrected chi connectivity index (χ4v) is 3.35. The first-order chi connectivity index (χ1) is 13.1. The number of nitrogens with zero attached hydrogens (tertiary/aromatic N) is 5. The Hall–Kier alpha value is -3.54. The van der Waals surface area contributed by atoms with Gasteiger partial charge in [-0.15, -0.1) is 0 Å². The van der Waals surface area contributed by atoms with Crippen molar-refractivity contribution < 1.29 is 18.3 Å². The summed E-state index contributed by atoms with van der Waals surface area (Å²) in [7, 11) is 0. The van der Waals surface area contributed by atoms with Crippen LogP contribution >= 0.6 is 0 Å². The highest BCUT2D eigenvalue weighted by atomic mass is 19.1. The average molecular weight is 369 g/mol. The van der Waals surface area contributed by atoms with Gasteiger partial charge in [-0.1, -0.05) is 0 Å². The van der Waals surface area contributed by atoms with E-state index in [-0.39, 0.29) is 25.2 Å². The van der Waals surface area contributed by atoms with Crippen LogP contribution in [0.2, 0.25) is 0 Å². The summed E-state index contributed by atoms with van der Waals surface area (Å²) in [6.45, 7) is 0.283. The summed E-state index contributed by atoms with van der Waals surface area (Å²) in [5, 5.41) is 13.2. The molecule has 0 bridgehead atoms. The van der Waals surface area contributed by atoms with Crippen molar-refractivity contribution in [3.05, 3.63) is 53.6 Å². The number of ether oxygens (including phenoxy) is 1. The molecule has 136 valence electrons. The van der Waals surface area contributed by atoms with Crippen molar-refractivity contribution in [2.75, 3.05) is 11.4 Å². The summed E-state index contributed by atoms with van der Waals surface area (Å²) >= 11 is 0. The molecule has 0 amide bonds. The lowest BCUT2D eigenvalue weighted by atomic mass is 10.0. The SMILES string of the molecule is N#Cc1cnn2ccc(N3C[C@@H](F)C[C@@H]3c3cc(F)cc(OC=O)c3)nc12. The molecule has 1 saturated heterocycles. The van der Waals surface area contributed by atoms with Crippen LogP contribution in [0.1, 0.15) is 23.6 Å². The van der Waals surface area contributed by atoms with Crippen molar-refractivity contribution >= 4 is 17.9 Å². The van der Waals surface area contributed by atoms with Gasteiger partial charge in [0, 0.05) is 18.7 Å². The Kier molecular flexibility index (Phi) is 4.16. The highest BCUT2D eigenvalue weighted by Gasteiger charge is 2.35. The van der Waals surface area contributed by atoms with E-state index in [1.165, 1.54) is 22.8 Å². The molecule has 3 aromatic rings. The van der Waals surface area contributed by atoms with Crippen LogP contribution in [-0.4, -0.2) is 33.8 Å². The minimum absolute atomic E-state index is 0.0493. The zero-order valence-electron chi connectivity index (χ0n) is 13.9. The fraction of sp³-hybridized carbons (Fsp3) is 0.222. The fourth-order valence-electron chi connectivity index (χ4n) is 3.35. The molecule has 7 nitrogen and oxygen atoms in total. The Morgan fingerprint density at radius 3 is 3.00 bits per heavy atom. The Labute approximate surface area is 152 Å². The largest absolute Gasteiger partial charge is 0.429 e. The molecule has 1 fully saturated rings. The van der Waals surface area contributed by atoms with Crippen LogP contribution in [0.4, 0.5) is 14.6 Å². The normalized spacial score (nSPS) is 19.2. The average Bonchev–Trinajstić information content (AvgIpc) is 3.24. The Balaban J connectivity index is 1.76. The third kappa shape index (κ3) is 3.06. The molecule has 1 aliphatic rings. The first kappa shape index (κ1) is 16.9. The van der Waals surface area contributed by atoms with Gasteiger partial charge in [0.05, 0.1) is 18.8 Å². The summed E-state index contributed by atoms with van der Waals surface area (Å²) in [6, 6.07) is 7.05. The molecule has 0 radical (unpaired) electrons. The lowest BCUT2D eigenvalue weighted by Crippen LogP contribution is -2.25. The van der Waals surface area contributed by atoms with Gasteiger partial charge in [0.2, 0.25) is 0 Å². The predicted octanol–water partition coefficient (Wildman–Crippen LogP) is 2.56. The monoisotopic (exact) mass is 369 g/mol. The molecule has 9 heteroatoms. The second kappa shape index (κ2) is 6.64. The van der Waals surface area contributed by atoms with Gasteiger partial charge in [0.15, 0.2) is 5.65 Å². The van der Waals surface area contributed by atoms with Crippen LogP contribution in [0.15, 0.2) is 36.7 Å². The van der Waals surface area contributed by atoms with Crippen molar-refractivity contribution in [1.29, 1.82) is 5.26 Å². The smallest absolute Gasteiger partial charge is 0.298 e. The number of anilines is 1. The Morgan fingerprint density at radius 2 is 2.22 bits per heavy atom. The number of carbonyl (C=O) groups is 1. The van der Waals surface area contributed by atoms with E-state index in [9.17, 15) is 13.6 Å². The van der Waals surface area contributed by atoms with Gasteiger partial charge in [-0.2, -0.15) is 10.4 Å². The number of carbonyl (C=O) groups excluding carboxylic acids is 1. The van der Waals surface area contributed by atoms with E-state index in [0.29, 0.717) is 22.6 Å². The summed E-state index contributed by atoms with van der Waals surface area (Å²) < 4.78 is 34.3. The topological polar surface area (TPSA) is 83.5 Å². The van der Waals surface area contributed by atoms with Crippen LogP contribution in [-0.2, 0) is 4.79 Å². The molecular formula is C18H13F2N5O2. The molecule has 2 aromatic heterocycles. The number of alkyl halides is 1. The van der Waals surface area contributed by atoms with Crippen molar-refractivity contribution in [3.8, 4) is 11.8 Å². The van der Waals surface area contributed by atoms with E-state index < -0.39 is 18.0 Å². The van der Waals surface area contributed by atoms with Crippen LogP contribution in [0, 0.1) is 17.1 Å². The molecule has 1 aromatic carbocycles. The molecule has 0 saturated carbocycles. The van der Waals surface area contributed by atoms with Gasteiger partial charge in [-0.05, 0) is 23.8 Å². The van der Waals surface area contributed by atoms with Crippen LogP contribution in [0.3, 0.4) is 0 Å². The number of benzene rings is 1. The maximum atomic E-state index is 14.2. The second-order valence-corrected chi connectivity index (χ2v) is 6.16. The van der Waals surface area contributed by atoms with Gasteiger partial charge in [0.1, 0.15) is 35.2 Å². The third-order valence-corrected chi connectivity index (χ3v) is 4.48. The zero-order chi connectivity index (χ0) is 19.0. The standard InChI is InChI=1S/C18H13F2N5O2/c19-13-3-11(4-15(5-13)27-10-26)16-6-14(20)9-24(16)17-1-2-25-18(23-17)12(7-21)8-22-25/h1-5,8,10,14,16H,6,9H2/t14-,16+/m0/s1. The van der Waals surface area contributed by atoms with E-state index in [1.807, 2.05) is 6.07 Å². The highest BCUT2D eigenvalue weighted by molar-refractivity contribution is 5.58. The van der Waals surface area contributed by atoms with E-state index in [2.05, 4.69) is 10.1 Å². The summed E-state index contributed by atoms with van der Waals surface area (Å²) in [6.07, 6.45) is 2.04. The molecule has 1 aliphatic heterocycles. The maximum absolute atomic E-state index is 14.2. The van der Waals surface area contributed by atoms with Crippen LogP contribution < -0.4 is 9.64 Å². The number of rotatable bonds is 4. The Bertz CT molecular complexity index is 1060. The summed E-state index contributed by atoms with van der Waals surface area (Å²) in [5.74, 6) is -0.0856. The number of hydrogen-bond acceptors (Lipinski definition) is 6. The predicted molar refractivity (Wildman–Crippen MR) is 90.4 cm³/mol. The van der Waals surface area contributed by atoms with Gasteiger partial charge >= 0.3 is 0 Å². The number of fused-ring (bicyclic) bond motifs is 1. The number of halogens is 2. The lowest BCUT2D eigenvalue weighted by Gasteiger charge is -2.26. The highest BCUT2D eigenvalue weighted by Crippen LogP contribution is 2.38. The van der Waals surface area contributed by atoms with Crippen molar-refractivity contribution in [2.45, 2.75) is 18.6 Å². The van der Waals surface area contributed by atoms with Gasteiger partial charge in [-0.25, -0.2) is 18.3 Å². The first-order valence-corrected chi connectivity index (χ1v) is 8.15. The molecule has 0 N–H and O–H groups in total. The quantitative estimate of drug-likeness (QED) is 0.658. The molecule has 0 aliphatic carbocycles. The van der Waals surface area contributed by atoms with E-state index >= 15 is 0 Å². The van der Waals surface area contributed by atoms with Crippen molar-refractivity contribution in [1.82, 2.24) is 14.6 Å². The number of aromatic nitrogens is 3. The van der Waals surface area contributed by atoms with E-state index in [4.69, 9.17) is 10.00 Å². The summed E-state index contributed by atoms with van der Waals surface area (Å²) in [4.78, 5) is 16.7. The van der Waals surface area contributed by atoms with Gasteiger partial charge in [0.25, 0.3) is 6.47 Å². The van der Waals surface area contributed by atoms with Crippen LogP contribution in [0.25, 0.3) is 5.65 Å². The minimum Gasteiger partial charge on any atom is -0.429 e. The number of hydrogen-bond donors (Lipinski definition) is 0. The molecule has 4 rings (SSSR count). The minimum atomic E-state index is -1.13.